The van der Waals surface area contributed by atoms with Crippen molar-refractivity contribution in [3.8, 4) is 6.07 Å². The van der Waals surface area contributed by atoms with E-state index >= 15 is 0 Å². The zero-order valence-electron chi connectivity index (χ0n) is 10.1. The van der Waals surface area contributed by atoms with Gasteiger partial charge in [-0.2, -0.15) is 5.26 Å². The number of ether oxygens (including phenoxy) is 1. The molecule has 0 aromatic carbocycles. The van der Waals surface area contributed by atoms with E-state index in [2.05, 4.69) is 31.9 Å². The number of nitriles is 1. The second-order valence-corrected chi connectivity index (χ2v) is 4.99. The molecule has 1 aliphatic rings. The minimum atomic E-state index is 0.312. The van der Waals surface area contributed by atoms with Gasteiger partial charge in [0.05, 0.1) is 18.8 Å². The number of hydrogen-bond donors (Lipinski definition) is 0. The molecule has 0 bridgehead atoms. The van der Waals surface area contributed by atoms with Crippen LogP contribution in [0.3, 0.4) is 0 Å². The normalized spacial score (nSPS) is 18.1. The summed E-state index contributed by atoms with van der Waals surface area (Å²) < 4.78 is 5.50. The number of hydrogen-bond acceptors (Lipinski definition) is 3. The van der Waals surface area contributed by atoms with Crippen molar-refractivity contribution in [2.24, 2.45) is 5.41 Å². The number of nitrogens with zero attached hydrogens (tertiary/aromatic N) is 2. The summed E-state index contributed by atoms with van der Waals surface area (Å²) in [5.41, 5.74) is 0.321. The van der Waals surface area contributed by atoms with Crippen molar-refractivity contribution in [3.05, 3.63) is 0 Å². The topological polar surface area (TPSA) is 36.3 Å². The van der Waals surface area contributed by atoms with Crippen LogP contribution in [0.4, 0.5) is 0 Å². The highest BCUT2D eigenvalue weighted by molar-refractivity contribution is 5.00. The maximum absolute atomic E-state index is 8.71. The van der Waals surface area contributed by atoms with Gasteiger partial charge in [0.2, 0.25) is 0 Å². The van der Waals surface area contributed by atoms with Crippen LogP contribution >= 0.6 is 0 Å². The summed E-state index contributed by atoms with van der Waals surface area (Å²) in [6, 6.07) is 2.29. The summed E-state index contributed by atoms with van der Waals surface area (Å²) in [4.78, 5) is 2.28. The Kier molecular flexibility index (Phi) is 4.56. The molecule has 0 saturated heterocycles. The van der Waals surface area contributed by atoms with Crippen LogP contribution in [-0.2, 0) is 4.74 Å². The van der Waals surface area contributed by atoms with E-state index < -0.39 is 0 Å². The van der Waals surface area contributed by atoms with Crippen LogP contribution < -0.4 is 0 Å². The van der Waals surface area contributed by atoms with Crippen molar-refractivity contribution in [1.82, 2.24) is 4.90 Å². The molecule has 0 atom stereocenters. The molecule has 86 valence electrons. The second-order valence-electron chi connectivity index (χ2n) is 4.99. The van der Waals surface area contributed by atoms with Crippen molar-refractivity contribution in [2.75, 3.05) is 26.7 Å². The molecule has 15 heavy (non-hydrogen) atoms. The molecule has 0 aliphatic heterocycles. The quantitative estimate of drug-likeness (QED) is 0.645. The fourth-order valence-corrected chi connectivity index (χ4v) is 1.83. The van der Waals surface area contributed by atoms with E-state index in [1.54, 1.807) is 0 Å². The van der Waals surface area contributed by atoms with Crippen LogP contribution in [0.25, 0.3) is 0 Å². The van der Waals surface area contributed by atoms with E-state index in [0.29, 0.717) is 17.9 Å². The van der Waals surface area contributed by atoms with Crippen molar-refractivity contribution >= 4 is 0 Å². The second kappa shape index (κ2) is 5.48. The molecule has 1 aliphatic carbocycles. The Bertz CT molecular complexity index is 228. The molecule has 3 nitrogen and oxygen atoms in total. The molecule has 0 amide bonds. The molecule has 3 heteroatoms. The van der Waals surface area contributed by atoms with Gasteiger partial charge in [-0.05, 0) is 39.2 Å². The molecular weight excluding hydrogens is 188 g/mol. The Morgan fingerprint density at radius 2 is 2.13 bits per heavy atom. The zero-order chi connectivity index (χ0) is 11.3. The van der Waals surface area contributed by atoms with E-state index in [-0.39, 0.29) is 0 Å². The van der Waals surface area contributed by atoms with E-state index in [1.165, 1.54) is 12.8 Å². The summed E-state index contributed by atoms with van der Waals surface area (Å²) in [7, 11) is 2.11. The molecule has 0 heterocycles. The van der Waals surface area contributed by atoms with Gasteiger partial charge in [-0.25, -0.2) is 0 Å². The van der Waals surface area contributed by atoms with Crippen molar-refractivity contribution in [2.45, 2.75) is 39.2 Å². The van der Waals surface area contributed by atoms with Crippen LogP contribution in [-0.4, -0.2) is 37.7 Å². The van der Waals surface area contributed by atoms with Crippen LogP contribution in [0.5, 0.6) is 0 Å². The largest absolute Gasteiger partial charge is 0.377 e. The fraction of sp³-hybridized carbons (Fsp3) is 0.917. The smallest absolute Gasteiger partial charge is 0.0628 e. The first-order chi connectivity index (χ1) is 7.08. The zero-order valence-corrected chi connectivity index (χ0v) is 10.1. The van der Waals surface area contributed by atoms with E-state index in [0.717, 1.165) is 19.7 Å². The lowest BCUT2D eigenvalue weighted by atomic mass is 10.0. The number of rotatable bonds is 7. The average Bonchev–Trinajstić information content (AvgIpc) is 2.84. The summed E-state index contributed by atoms with van der Waals surface area (Å²) >= 11 is 0. The SMILES string of the molecule is CC(C)OCCN(C)CC1(CC#N)CC1. The molecule has 0 N–H and O–H groups in total. The summed E-state index contributed by atoms with van der Waals surface area (Å²) in [5, 5.41) is 8.71. The van der Waals surface area contributed by atoms with E-state index in [1.807, 2.05) is 0 Å². The van der Waals surface area contributed by atoms with Crippen molar-refractivity contribution < 1.29 is 4.74 Å². The Hall–Kier alpha value is -0.590. The van der Waals surface area contributed by atoms with Crippen LogP contribution in [0.2, 0.25) is 0 Å². The first-order valence-electron chi connectivity index (χ1n) is 5.75. The van der Waals surface area contributed by atoms with Gasteiger partial charge < -0.3 is 9.64 Å². The fourth-order valence-electron chi connectivity index (χ4n) is 1.83. The first-order valence-corrected chi connectivity index (χ1v) is 5.75. The Labute approximate surface area is 93.0 Å². The lowest BCUT2D eigenvalue weighted by Crippen LogP contribution is -2.30. The Morgan fingerprint density at radius 1 is 1.47 bits per heavy atom. The summed E-state index contributed by atoms with van der Waals surface area (Å²) in [5.74, 6) is 0. The van der Waals surface area contributed by atoms with E-state index in [9.17, 15) is 0 Å². The Morgan fingerprint density at radius 3 is 2.60 bits per heavy atom. The molecule has 0 aromatic heterocycles. The minimum Gasteiger partial charge on any atom is -0.377 e. The third kappa shape index (κ3) is 4.63. The highest BCUT2D eigenvalue weighted by Gasteiger charge is 2.42. The van der Waals surface area contributed by atoms with Crippen molar-refractivity contribution in [1.29, 1.82) is 5.26 Å². The predicted molar refractivity (Wildman–Crippen MR) is 60.5 cm³/mol. The average molecular weight is 210 g/mol. The third-order valence-corrected chi connectivity index (χ3v) is 2.94. The summed E-state index contributed by atoms with van der Waals surface area (Å²) in [6.07, 6.45) is 3.46. The van der Waals surface area contributed by atoms with Crippen LogP contribution in [0, 0.1) is 16.7 Å². The van der Waals surface area contributed by atoms with Crippen LogP contribution in [0.15, 0.2) is 0 Å². The monoisotopic (exact) mass is 210 g/mol. The van der Waals surface area contributed by atoms with Gasteiger partial charge in [0.25, 0.3) is 0 Å². The maximum Gasteiger partial charge on any atom is 0.0628 e. The minimum absolute atomic E-state index is 0.312. The highest BCUT2D eigenvalue weighted by Crippen LogP contribution is 2.48. The van der Waals surface area contributed by atoms with Gasteiger partial charge in [-0.15, -0.1) is 0 Å². The molecule has 1 saturated carbocycles. The summed E-state index contributed by atoms with van der Waals surface area (Å²) in [6.45, 7) is 6.90. The lowest BCUT2D eigenvalue weighted by Gasteiger charge is -2.22. The van der Waals surface area contributed by atoms with Gasteiger partial charge in [-0.3, -0.25) is 0 Å². The van der Waals surface area contributed by atoms with Crippen molar-refractivity contribution in [3.63, 3.8) is 0 Å². The van der Waals surface area contributed by atoms with Gasteiger partial charge >= 0.3 is 0 Å². The van der Waals surface area contributed by atoms with Gasteiger partial charge in [0.1, 0.15) is 0 Å². The molecule has 0 aromatic rings. The van der Waals surface area contributed by atoms with Gasteiger partial charge in [-0.1, -0.05) is 0 Å². The van der Waals surface area contributed by atoms with E-state index in [4.69, 9.17) is 10.00 Å². The van der Waals surface area contributed by atoms with Crippen LogP contribution in [0.1, 0.15) is 33.1 Å². The standard InChI is InChI=1S/C12H22N2O/c1-11(2)15-9-8-14(3)10-12(4-5-12)6-7-13/h11H,4-6,8-10H2,1-3H3. The maximum atomic E-state index is 8.71. The Balaban J connectivity index is 2.13. The third-order valence-electron chi connectivity index (χ3n) is 2.94. The highest BCUT2D eigenvalue weighted by atomic mass is 16.5. The van der Waals surface area contributed by atoms with Gasteiger partial charge in [0.15, 0.2) is 0 Å². The molecule has 1 rings (SSSR count). The first kappa shape index (κ1) is 12.5. The predicted octanol–water partition coefficient (Wildman–Crippen LogP) is 2.04. The molecule has 0 radical (unpaired) electrons. The van der Waals surface area contributed by atoms with Gasteiger partial charge in [0, 0.05) is 19.5 Å². The number of likely N-dealkylation sites (N-methyl/N-ethyl adjacent to an activating group) is 1. The molecule has 1 fully saturated rings. The molecular formula is C12H22N2O. The lowest BCUT2D eigenvalue weighted by molar-refractivity contribution is 0.0605. The molecule has 0 unspecified atom stereocenters. The molecule has 0 spiro atoms.